The van der Waals surface area contributed by atoms with Gasteiger partial charge in [0.05, 0.1) is 18.9 Å². The van der Waals surface area contributed by atoms with Crippen molar-refractivity contribution in [3.8, 4) is 5.75 Å². The van der Waals surface area contributed by atoms with E-state index in [9.17, 15) is 14.7 Å². The van der Waals surface area contributed by atoms with Gasteiger partial charge in [0.25, 0.3) is 0 Å². The third-order valence-corrected chi connectivity index (χ3v) is 4.11. The zero-order valence-electron chi connectivity index (χ0n) is 12.4. The van der Waals surface area contributed by atoms with Crippen LogP contribution in [-0.2, 0) is 9.59 Å². The highest BCUT2D eigenvalue weighted by Crippen LogP contribution is 2.32. The quantitative estimate of drug-likeness (QED) is 0.894. The summed E-state index contributed by atoms with van der Waals surface area (Å²) in [7, 11) is 1.59. The Hall–Kier alpha value is -2.04. The van der Waals surface area contributed by atoms with Gasteiger partial charge in [0.1, 0.15) is 5.75 Å². The monoisotopic (exact) mass is 291 g/mol. The van der Waals surface area contributed by atoms with Crippen molar-refractivity contribution in [1.82, 2.24) is 0 Å². The molecule has 2 atom stereocenters. The molecular weight excluding hydrogens is 270 g/mol. The molecule has 0 radical (unpaired) electrons. The van der Waals surface area contributed by atoms with E-state index in [4.69, 9.17) is 4.74 Å². The van der Waals surface area contributed by atoms with Gasteiger partial charge < -0.3 is 15.2 Å². The van der Waals surface area contributed by atoms with Gasteiger partial charge in [0.2, 0.25) is 5.91 Å². The van der Waals surface area contributed by atoms with Crippen LogP contribution >= 0.6 is 0 Å². The van der Waals surface area contributed by atoms with Crippen molar-refractivity contribution in [2.75, 3.05) is 12.4 Å². The maximum absolute atomic E-state index is 12.4. The highest BCUT2D eigenvalue weighted by molar-refractivity contribution is 5.95. The molecule has 1 aromatic carbocycles. The molecule has 0 saturated heterocycles. The van der Waals surface area contributed by atoms with Gasteiger partial charge in [-0.2, -0.15) is 0 Å². The van der Waals surface area contributed by atoms with Crippen LogP contribution in [0.5, 0.6) is 5.75 Å². The Bertz CT molecular complexity index is 541. The molecule has 1 fully saturated rings. The Morgan fingerprint density at radius 1 is 1.24 bits per heavy atom. The van der Waals surface area contributed by atoms with Crippen molar-refractivity contribution in [3.05, 3.63) is 23.8 Å². The van der Waals surface area contributed by atoms with Gasteiger partial charge in [-0.25, -0.2) is 0 Å². The molecule has 2 N–H and O–H groups in total. The Balaban J connectivity index is 2.11. The number of carbonyl (C=O) groups excluding carboxylic acids is 1. The van der Waals surface area contributed by atoms with Gasteiger partial charge in [-0.3, -0.25) is 9.59 Å². The number of aliphatic carboxylic acids is 1. The first-order chi connectivity index (χ1) is 10.0. The summed E-state index contributed by atoms with van der Waals surface area (Å²) in [6, 6.07) is 5.40. The normalized spacial score (nSPS) is 21.6. The van der Waals surface area contributed by atoms with E-state index in [1.165, 1.54) is 0 Å². The van der Waals surface area contributed by atoms with Gasteiger partial charge in [-0.15, -0.1) is 0 Å². The van der Waals surface area contributed by atoms with Crippen molar-refractivity contribution in [1.29, 1.82) is 0 Å². The molecule has 1 aromatic rings. The summed E-state index contributed by atoms with van der Waals surface area (Å²) in [4.78, 5) is 23.7. The molecule has 0 aromatic heterocycles. The van der Waals surface area contributed by atoms with E-state index in [1.807, 2.05) is 13.0 Å². The number of carboxylic acids is 1. The van der Waals surface area contributed by atoms with Crippen LogP contribution in [0.15, 0.2) is 18.2 Å². The Morgan fingerprint density at radius 2 is 1.90 bits per heavy atom. The van der Waals surface area contributed by atoms with Crippen molar-refractivity contribution >= 4 is 17.6 Å². The molecule has 0 aliphatic heterocycles. The number of benzene rings is 1. The summed E-state index contributed by atoms with van der Waals surface area (Å²) in [6.45, 7) is 1.88. The molecule has 1 saturated carbocycles. The number of carboxylic acid groups (broad SMARTS) is 1. The fourth-order valence-electron chi connectivity index (χ4n) is 2.87. The minimum Gasteiger partial charge on any atom is -0.497 e. The summed E-state index contributed by atoms with van der Waals surface area (Å²) >= 11 is 0. The second-order valence-corrected chi connectivity index (χ2v) is 5.51. The summed E-state index contributed by atoms with van der Waals surface area (Å²) in [6.07, 6.45) is 3.00. The fraction of sp³-hybridized carbons (Fsp3) is 0.500. The Labute approximate surface area is 124 Å². The highest BCUT2D eigenvalue weighted by atomic mass is 16.5. The Morgan fingerprint density at radius 3 is 2.48 bits per heavy atom. The number of nitrogens with one attached hydrogen (secondary N) is 1. The standard InChI is InChI=1S/C16H21NO4/c1-10-9-11(21-2)7-8-14(10)17-15(18)12-5-3-4-6-13(12)16(19)20/h7-9,12-13H,3-6H2,1-2H3,(H,17,18)(H,19,20). The molecule has 0 spiro atoms. The van der Waals surface area contributed by atoms with Crippen LogP contribution < -0.4 is 10.1 Å². The summed E-state index contributed by atoms with van der Waals surface area (Å²) in [5.41, 5.74) is 1.60. The van der Waals surface area contributed by atoms with Gasteiger partial charge >= 0.3 is 5.97 Å². The SMILES string of the molecule is COc1ccc(NC(=O)C2CCCCC2C(=O)O)c(C)c1. The predicted octanol–water partition coefficient (Wildman–Crippen LogP) is 2.83. The lowest BCUT2D eigenvalue weighted by molar-refractivity contribution is -0.147. The number of carbonyl (C=O) groups is 2. The topological polar surface area (TPSA) is 75.6 Å². The van der Waals surface area contributed by atoms with Gasteiger partial charge in [0, 0.05) is 5.69 Å². The highest BCUT2D eigenvalue weighted by Gasteiger charge is 2.35. The molecule has 0 bridgehead atoms. The lowest BCUT2D eigenvalue weighted by atomic mass is 9.78. The molecule has 21 heavy (non-hydrogen) atoms. The van der Waals surface area contributed by atoms with Crippen molar-refractivity contribution in [3.63, 3.8) is 0 Å². The number of ether oxygens (including phenoxy) is 1. The van der Waals surface area contributed by atoms with Crippen LogP contribution in [0.2, 0.25) is 0 Å². The van der Waals surface area contributed by atoms with E-state index >= 15 is 0 Å². The third-order valence-electron chi connectivity index (χ3n) is 4.11. The maximum Gasteiger partial charge on any atom is 0.307 e. The average Bonchev–Trinajstić information content (AvgIpc) is 2.49. The molecule has 1 amide bonds. The van der Waals surface area contributed by atoms with Gasteiger partial charge in [0.15, 0.2) is 0 Å². The lowest BCUT2D eigenvalue weighted by Crippen LogP contribution is -2.36. The van der Waals surface area contributed by atoms with Crippen LogP contribution in [-0.4, -0.2) is 24.1 Å². The van der Waals surface area contributed by atoms with Crippen molar-refractivity contribution in [2.24, 2.45) is 11.8 Å². The number of anilines is 1. The van der Waals surface area contributed by atoms with Crippen LogP contribution in [0, 0.1) is 18.8 Å². The molecule has 1 aliphatic carbocycles. The van der Waals surface area contributed by atoms with Crippen LogP contribution in [0.1, 0.15) is 31.2 Å². The predicted molar refractivity (Wildman–Crippen MR) is 79.4 cm³/mol. The molecular formula is C16H21NO4. The van der Waals surface area contributed by atoms with Crippen LogP contribution in [0.25, 0.3) is 0 Å². The lowest BCUT2D eigenvalue weighted by Gasteiger charge is -2.27. The first-order valence-electron chi connectivity index (χ1n) is 7.21. The van der Waals surface area contributed by atoms with Crippen molar-refractivity contribution in [2.45, 2.75) is 32.6 Å². The molecule has 2 unspecified atom stereocenters. The molecule has 2 rings (SSSR count). The second-order valence-electron chi connectivity index (χ2n) is 5.51. The number of hydrogen-bond donors (Lipinski definition) is 2. The molecule has 114 valence electrons. The number of hydrogen-bond acceptors (Lipinski definition) is 3. The minimum absolute atomic E-state index is 0.199. The first kappa shape index (κ1) is 15.4. The number of amides is 1. The van der Waals surface area contributed by atoms with Crippen LogP contribution in [0.3, 0.4) is 0 Å². The molecule has 5 nitrogen and oxygen atoms in total. The van der Waals surface area contributed by atoms with E-state index in [0.717, 1.165) is 24.2 Å². The van der Waals surface area contributed by atoms with Gasteiger partial charge in [-0.05, 0) is 43.5 Å². The maximum atomic E-state index is 12.4. The minimum atomic E-state index is -0.874. The number of methoxy groups -OCH3 is 1. The molecule has 1 aliphatic rings. The second kappa shape index (κ2) is 6.61. The van der Waals surface area contributed by atoms with Crippen molar-refractivity contribution < 1.29 is 19.4 Å². The van der Waals surface area contributed by atoms with E-state index in [2.05, 4.69) is 5.32 Å². The van der Waals surface area contributed by atoms with E-state index in [1.54, 1.807) is 19.2 Å². The van der Waals surface area contributed by atoms with E-state index in [0.29, 0.717) is 18.5 Å². The number of aryl methyl sites for hydroxylation is 1. The first-order valence-corrected chi connectivity index (χ1v) is 7.21. The van der Waals surface area contributed by atoms with Gasteiger partial charge in [-0.1, -0.05) is 12.8 Å². The zero-order chi connectivity index (χ0) is 15.4. The van der Waals surface area contributed by atoms with Crippen LogP contribution in [0.4, 0.5) is 5.69 Å². The number of rotatable bonds is 4. The summed E-state index contributed by atoms with van der Waals surface area (Å²) in [5, 5.41) is 12.1. The third kappa shape index (κ3) is 3.54. The zero-order valence-corrected chi connectivity index (χ0v) is 12.4. The Kier molecular flexibility index (Phi) is 4.83. The smallest absolute Gasteiger partial charge is 0.307 e. The van der Waals surface area contributed by atoms with E-state index in [-0.39, 0.29) is 5.91 Å². The summed E-state index contributed by atoms with van der Waals surface area (Å²) in [5.74, 6) is -1.36. The molecule has 0 heterocycles. The molecule has 5 heteroatoms. The summed E-state index contributed by atoms with van der Waals surface area (Å²) < 4.78 is 5.13. The fourth-order valence-corrected chi connectivity index (χ4v) is 2.87. The average molecular weight is 291 g/mol. The van der Waals surface area contributed by atoms with E-state index < -0.39 is 17.8 Å². The largest absolute Gasteiger partial charge is 0.497 e.